The molecule has 0 saturated heterocycles. The summed E-state index contributed by atoms with van der Waals surface area (Å²) in [5.74, 6) is 0.0389. The molecule has 7 nitrogen and oxygen atoms in total. The third kappa shape index (κ3) is 3.11. The van der Waals surface area contributed by atoms with Crippen LogP contribution in [0.25, 0.3) is 28.2 Å². The van der Waals surface area contributed by atoms with Gasteiger partial charge in [-0.1, -0.05) is 30.3 Å². The summed E-state index contributed by atoms with van der Waals surface area (Å²) >= 11 is 0. The molecule has 26 heavy (non-hydrogen) atoms. The van der Waals surface area contributed by atoms with Crippen LogP contribution in [-0.4, -0.2) is 44.6 Å². The molecule has 3 heterocycles. The Morgan fingerprint density at radius 1 is 1.08 bits per heavy atom. The van der Waals surface area contributed by atoms with E-state index in [0.29, 0.717) is 12.2 Å². The van der Waals surface area contributed by atoms with Crippen molar-refractivity contribution in [2.45, 2.75) is 6.54 Å². The fraction of sp³-hybridized carbons (Fsp3) is 0.167. The van der Waals surface area contributed by atoms with E-state index in [1.54, 1.807) is 23.2 Å². The first kappa shape index (κ1) is 16.5. The summed E-state index contributed by atoms with van der Waals surface area (Å²) in [7, 11) is -3.09. The van der Waals surface area contributed by atoms with E-state index in [1.165, 1.54) is 6.26 Å². The van der Waals surface area contributed by atoms with Gasteiger partial charge in [0.25, 0.3) is 0 Å². The van der Waals surface area contributed by atoms with Gasteiger partial charge in [0.05, 0.1) is 35.2 Å². The van der Waals surface area contributed by atoms with Gasteiger partial charge in [-0.15, -0.1) is 0 Å². The second-order valence-electron chi connectivity index (χ2n) is 6.08. The summed E-state index contributed by atoms with van der Waals surface area (Å²) in [4.78, 5) is 8.98. The second-order valence-corrected chi connectivity index (χ2v) is 8.34. The summed E-state index contributed by atoms with van der Waals surface area (Å²) in [5, 5.41) is 4.35. The normalized spacial score (nSPS) is 11.9. The molecule has 8 heteroatoms. The topological polar surface area (TPSA) is 82.1 Å². The van der Waals surface area contributed by atoms with E-state index in [-0.39, 0.29) is 5.75 Å². The lowest BCUT2D eigenvalue weighted by Crippen LogP contribution is -2.11. The van der Waals surface area contributed by atoms with E-state index in [0.717, 1.165) is 22.5 Å². The number of hydrogen-bond donors (Lipinski definition) is 0. The van der Waals surface area contributed by atoms with Crippen LogP contribution in [0.1, 0.15) is 0 Å². The van der Waals surface area contributed by atoms with Crippen LogP contribution in [0.4, 0.5) is 0 Å². The molecule has 4 aromatic rings. The highest BCUT2D eigenvalue weighted by atomic mass is 32.2. The lowest BCUT2D eigenvalue weighted by Gasteiger charge is -2.09. The van der Waals surface area contributed by atoms with Crippen LogP contribution >= 0.6 is 0 Å². The molecule has 0 spiro atoms. The van der Waals surface area contributed by atoms with Crippen LogP contribution in [0.5, 0.6) is 0 Å². The van der Waals surface area contributed by atoms with Crippen molar-refractivity contribution in [3.05, 3.63) is 61.3 Å². The van der Waals surface area contributed by atoms with E-state index in [9.17, 15) is 8.42 Å². The Kier molecular flexibility index (Phi) is 4.04. The van der Waals surface area contributed by atoms with Gasteiger partial charge in [0, 0.05) is 30.8 Å². The van der Waals surface area contributed by atoms with Gasteiger partial charge >= 0.3 is 0 Å². The smallest absolute Gasteiger partial charge is 0.164 e. The summed E-state index contributed by atoms with van der Waals surface area (Å²) in [6.45, 7) is 0.318. The lowest BCUT2D eigenvalue weighted by molar-refractivity contribution is 0.595. The van der Waals surface area contributed by atoms with Crippen LogP contribution in [0.2, 0.25) is 0 Å². The van der Waals surface area contributed by atoms with Gasteiger partial charge in [-0.3, -0.25) is 0 Å². The van der Waals surface area contributed by atoms with Gasteiger partial charge in [0.15, 0.2) is 5.65 Å². The number of sulfone groups is 1. The molecule has 0 aliphatic carbocycles. The zero-order chi connectivity index (χ0) is 18.1. The predicted molar refractivity (Wildman–Crippen MR) is 99.4 cm³/mol. The Morgan fingerprint density at radius 3 is 2.65 bits per heavy atom. The molecule has 0 unspecified atom stereocenters. The van der Waals surface area contributed by atoms with E-state index in [2.05, 4.69) is 15.1 Å². The fourth-order valence-electron chi connectivity index (χ4n) is 2.90. The highest BCUT2D eigenvalue weighted by molar-refractivity contribution is 7.90. The molecule has 0 amide bonds. The highest BCUT2D eigenvalue weighted by Gasteiger charge is 2.20. The summed E-state index contributed by atoms with van der Waals surface area (Å²) in [6, 6.07) is 11.6. The quantitative estimate of drug-likeness (QED) is 0.541. The van der Waals surface area contributed by atoms with Gasteiger partial charge in [0.1, 0.15) is 9.84 Å². The van der Waals surface area contributed by atoms with Crippen LogP contribution in [0, 0.1) is 0 Å². The fourth-order valence-corrected chi connectivity index (χ4v) is 3.43. The lowest BCUT2D eigenvalue weighted by atomic mass is 10.1. The predicted octanol–water partition coefficient (Wildman–Crippen LogP) is 2.30. The molecule has 3 aromatic heterocycles. The van der Waals surface area contributed by atoms with E-state index >= 15 is 0 Å². The third-order valence-corrected chi connectivity index (χ3v) is 5.05. The number of nitrogens with zero attached hydrogens (tertiary/aromatic N) is 5. The Labute approximate surface area is 150 Å². The first-order chi connectivity index (χ1) is 12.5. The molecule has 0 fully saturated rings. The Morgan fingerprint density at radius 2 is 1.88 bits per heavy atom. The first-order valence-electron chi connectivity index (χ1n) is 8.10. The largest absolute Gasteiger partial charge is 0.329 e. The number of rotatable bonds is 5. The molecular weight excluding hydrogens is 350 g/mol. The van der Waals surface area contributed by atoms with Gasteiger partial charge in [-0.2, -0.15) is 5.10 Å². The zero-order valence-electron chi connectivity index (χ0n) is 14.1. The maximum absolute atomic E-state index is 11.6. The number of benzene rings is 1. The maximum Gasteiger partial charge on any atom is 0.164 e. The van der Waals surface area contributed by atoms with Gasteiger partial charge < -0.3 is 4.57 Å². The van der Waals surface area contributed by atoms with Gasteiger partial charge in [-0.25, -0.2) is 22.9 Å². The summed E-state index contributed by atoms with van der Waals surface area (Å²) in [5.41, 5.74) is 4.06. The van der Waals surface area contributed by atoms with Crippen LogP contribution in [-0.2, 0) is 16.4 Å². The number of hydrogen-bond acceptors (Lipinski definition) is 5. The molecule has 0 atom stereocenters. The number of imidazole rings is 1. The van der Waals surface area contributed by atoms with E-state index in [1.807, 2.05) is 47.2 Å². The molecule has 0 saturated carbocycles. The Balaban J connectivity index is 1.91. The standard InChI is InChI=1S/C18H17N5O2S/c1-26(24,25)11-10-22-13-20-16(14-6-3-2-4-7-14)17(22)15-12-21-23-9-5-8-19-18(15)23/h2-9,12-13H,10-11H2,1H3. The molecule has 0 bridgehead atoms. The molecule has 132 valence electrons. The second kappa shape index (κ2) is 6.38. The van der Waals surface area contributed by atoms with Crippen molar-refractivity contribution in [3.8, 4) is 22.5 Å². The molecule has 0 radical (unpaired) electrons. The maximum atomic E-state index is 11.6. The van der Waals surface area contributed by atoms with Crippen molar-refractivity contribution in [3.63, 3.8) is 0 Å². The summed E-state index contributed by atoms with van der Waals surface area (Å²) in [6.07, 6.45) is 8.18. The van der Waals surface area contributed by atoms with Crippen molar-refractivity contribution >= 4 is 15.5 Å². The van der Waals surface area contributed by atoms with Crippen molar-refractivity contribution in [2.75, 3.05) is 12.0 Å². The van der Waals surface area contributed by atoms with Crippen molar-refractivity contribution < 1.29 is 8.42 Å². The molecule has 0 aliphatic heterocycles. The van der Waals surface area contributed by atoms with Gasteiger partial charge in [-0.05, 0) is 6.07 Å². The molecular formula is C18H17N5O2S. The Bertz CT molecular complexity index is 1160. The van der Waals surface area contributed by atoms with Crippen molar-refractivity contribution in [2.24, 2.45) is 0 Å². The molecule has 0 aliphatic rings. The molecule has 0 N–H and O–H groups in total. The van der Waals surface area contributed by atoms with Crippen LogP contribution < -0.4 is 0 Å². The Hall–Kier alpha value is -3.00. The average molecular weight is 367 g/mol. The minimum atomic E-state index is -3.09. The minimum Gasteiger partial charge on any atom is -0.329 e. The average Bonchev–Trinajstić information content (AvgIpc) is 3.23. The monoisotopic (exact) mass is 367 g/mol. The van der Waals surface area contributed by atoms with Crippen LogP contribution in [0.15, 0.2) is 61.3 Å². The number of aromatic nitrogens is 5. The summed E-state index contributed by atoms with van der Waals surface area (Å²) < 4.78 is 26.8. The highest BCUT2D eigenvalue weighted by Crippen LogP contribution is 2.33. The molecule has 4 rings (SSSR count). The van der Waals surface area contributed by atoms with E-state index in [4.69, 9.17) is 0 Å². The number of fused-ring (bicyclic) bond motifs is 1. The first-order valence-corrected chi connectivity index (χ1v) is 10.2. The SMILES string of the molecule is CS(=O)(=O)CCn1cnc(-c2ccccc2)c1-c1cnn2cccnc12. The molecule has 1 aromatic carbocycles. The van der Waals surface area contributed by atoms with Gasteiger partial charge in [0.2, 0.25) is 0 Å². The number of aryl methyl sites for hydroxylation is 1. The van der Waals surface area contributed by atoms with Crippen LogP contribution in [0.3, 0.4) is 0 Å². The third-order valence-electron chi connectivity index (χ3n) is 4.12. The van der Waals surface area contributed by atoms with Crippen molar-refractivity contribution in [1.82, 2.24) is 24.1 Å². The van der Waals surface area contributed by atoms with E-state index < -0.39 is 9.84 Å². The minimum absolute atomic E-state index is 0.0389. The van der Waals surface area contributed by atoms with Crippen molar-refractivity contribution in [1.29, 1.82) is 0 Å². The zero-order valence-corrected chi connectivity index (χ0v) is 15.0.